The Morgan fingerprint density at radius 2 is 1.96 bits per heavy atom. The lowest BCUT2D eigenvalue weighted by molar-refractivity contribution is -0.150. The van der Waals surface area contributed by atoms with Crippen molar-refractivity contribution in [1.82, 2.24) is 10.2 Å². The van der Waals surface area contributed by atoms with Crippen molar-refractivity contribution in [3.8, 4) is 0 Å². The Bertz CT molecular complexity index is 654. The van der Waals surface area contributed by atoms with Crippen molar-refractivity contribution in [3.63, 3.8) is 0 Å². The summed E-state index contributed by atoms with van der Waals surface area (Å²) in [6, 6.07) is 7.58. The van der Waals surface area contributed by atoms with E-state index < -0.39 is 24.1 Å². The third-order valence-electron chi connectivity index (χ3n) is 4.21. The lowest BCUT2D eigenvalue weighted by Crippen LogP contribution is -2.48. The molecule has 0 radical (unpaired) electrons. The van der Waals surface area contributed by atoms with E-state index in [1.165, 1.54) is 4.90 Å². The van der Waals surface area contributed by atoms with Gasteiger partial charge in [0.25, 0.3) is 0 Å². The van der Waals surface area contributed by atoms with Crippen LogP contribution in [0.3, 0.4) is 0 Å². The van der Waals surface area contributed by atoms with E-state index in [2.05, 4.69) is 5.32 Å². The van der Waals surface area contributed by atoms with Crippen molar-refractivity contribution in [1.29, 1.82) is 0 Å². The summed E-state index contributed by atoms with van der Waals surface area (Å²) < 4.78 is 5.12. The second-order valence-corrected chi connectivity index (χ2v) is 7.70. The highest BCUT2D eigenvalue weighted by Crippen LogP contribution is 2.26. The summed E-state index contributed by atoms with van der Waals surface area (Å²) in [7, 11) is 0. The summed E-state index contributed by atoms with van der Waals surface area (Å²) in [5.41, 5.74) is 0.613. The number of alkyl carbamates (subject to hydrolysis) is 1. The maximum Gasteiger partial charge on any atom is 0.408 e. The van der Waals surface area contributed by atoms with E-state index in [9.17, 15) is 19.5 Å². The van der Waals surface area contributed by atoms with Crippen LogP contribution in [0.25, 0.3) is 0 Å². The van der Waals surface area contributed by atoms with Crippen molar-refractivity contribution in [3.05, 3.63) is 35.9 Å². The molecule has 1 fully saturated rings. The Labute approximate surface area is 153 Å². The number of carbonyl (C=O) groups excluding carboxylic acids is 2. The number of aliphatic carboxylic acids is 1. The topological polar surface area (TPSA) is 95.9 Å². The Balaban J connectivity index is 1.91. The molecule has 7 nitrogen and oxygen atoms in total. The summed E-state index contributed by atoms with van der Waals surface area (Å²) in [5.74, 6) is -1.40. The average molecular weight is 362 g/mol. The van der Waals surface area contributed by atoms with Crippen LogP contribution in [0.4, 0.5) is 4.79 Å². The van der Waals surface area contributed by atoms with Crippen LogP contribution in [0.5, 0.6) is 0 Å². The summed E-state index contributed by atoms with van der Waals surface area (Å²) in [4.78, 5) is 37.4. The number of hydrogen-bond acceptors (Lipinski definition) is 4. The van der Waals surface area contributed by atoms with Crippen LogP contribution in [0.2, 0.25) is 0 Å². The predicted molar refractivity (Wildman–Crippen MR) is 95.4 cm³/mol. The Kier molecular flexibility index (Phi) is 6.23. The van der Waals surface area contributed by atoms with Gasteiger partial charge in [0, 0.05) is 6.54 Å². The first-order valence-corrected chi connectivity index (χ1v) is 8.68. The van der Waals surface area contributed by atoms with Crippen molar-refractivity contribution >= 4 is 18.0 Å². The molecule has 2 atom stereocenters. The maximum absolute atomic E-state index is 12.5. The number of nitrogens with one attached hydrogen (secondary N) is 1. The Morgan fingerprint density at radius 1 is 1.31 bits per heavy atom. The number of carboxylic acids is 1. The van der Waals surface area contributed by atoms with Gasteiger partial charge in [-0.1, -0.05) is 51.1 Å². The van der Waals surface area contributed by atoms with Crippen LogP contribution in [-0.2, 0) is 20.9 Å². The number of ether oxygens (including phenoxy) is 1. The Morgan fingerprint density at radius 3 is 2.54 bits per heavy atom. The number of benzene rings is 1. The molecule has 26 heavy (non-hydrogen) atoms. The van der Waals surface area contributed by atoms with Gasteiger partial charge in [0.1, 0.15) is 18.7 Å². The smallest absolute Gasteiger partial charge is 0.408 e. The quantitative estimate of drug-likeness (QED) is 0.810. The zero-order valence-electron chi connectivity index (χ0n) is 15.4. The number of amides is 2. The van der Waals surface area contributed by atoms with Crippen molar-refractivity contribution in [2.24, 2.45) is 5.41 Å². The fraction of sp³-hybridized carbons (Fsp3) is 0.526. The molecule has 1 heterocycles. The summed E-state index contributed by atoms with van der Waals surface area (Å²) in [6.07, 6.45) is 0.0312. The summed E-state index contributed by atoms with van der Waals surface area (Å²) in [5, 5.41) is 12.0. The zero-order chi connectivity index (χ0) is 19.3. The van der Waals surface area contributed by atoms with Crippen LogP contribution >= 0.6 is 0 Å². The second-order valence-electron chi connectivity index (χ2n) is 7.70. The minimum atomic E-state index is -1.03. The highest BCUT2D eigenvalue weighted by Gasteiger charge is 2.41. The molecule has 2 rings (SSSR count). The standard InChI is InChI=1S/C19H26N2O5/c1-19(2,3)11-15(17(23)24)21-10-9-14(16(21)22)20-18(25)26-12-13-7-5-4-6-8-13/h4-8,14-15H,9-12H2,1-3H3,(H,20,25)(H,23,24)/t14-,15+/m1/s1. The van der Waals surface area contributed by atoms with Gasteiger partial charge < -0.3 is 20.1 Å². The third-order valence-corrected chi connectivity index (χ3v) is 4.21. The van der Waals surface area contributed by atoms with E-state index in [0.717, 1.165) is 5.56 Å². The minimum Gasteiger partial charge on any atom is -0.480 e. The highest BCUT2D eigenvalue weighted by atomic mass is 16.5. The van der Waals surface area contributed by atoms with Gasteiger partial charge in [-0.05, 0) is 23.8 Å². The number of likely N-dealkylation sites (tertiary alicyclic amines) is 1. The summed E-state index contributed by atoms with van der Waals surface area (Å²) >= 11 is 0. The van der Waals surface area contributed by atoms with E-state index in [4.69, 9.17) is 4.74 Å². The first kappa shape index (κ1) is 19.8. The first-order valence-electron chi connectivity index (χ1n) is 8.68. The summed E-state index contributed by atoms with van der Waals surface area (Å²) in [6.45, 7) is 6.20. The normalized spacial score (nSPS) is 18.5. The van der Waals surface area contributed by atoms with Gasteiger partial charge in [0.05, 0.1) is 0 Å². The van der Waals surface area contributed by atoms with Gasteiger partial charge in [-0.15, -0.1) is 0 Å². The fourth-order valence-electron chi connectivity index (χ4n) is 2.96. The molecular weight excluding hydrogens is 336 g/mol. The van der Waals surface area contributed by atoms with Crippen LogP contribution in [0.15, 0.2) is 30.3 Å². The van der Waals surface area contributed by atoms with Crippen molar-refractivity contribution < 1.29 is 24.2 Å². The molecule has 1 saturated heterocycles. The molecule has 0 bridgehead atoms. The van der Waals surface area contributed by atoms with E-state index in [-0.39, 0.29) is 17.9 Å². The lowest BCUT2D eigenvalue weighted by atomic mass is 9.87. The second kappa shape index (κ2) is 8.21. The van der Waals surface area contributed by atoms with E-state index in [1.807, 2.05) is 51.1 Å². The molecular formula is C19H26N2O5. The zero-order valence-corrected chi connectivity index (χ0v) is 15.4. The predicted octanol–water partition coefficient (Wildman–Crippen LogP) is 2.40. The maximum atomic E-state index is 12.5. The third kappa shape index (κ3) is 5.47. The van der Waals surface area contributed by atoms with Crippen LogP contribution in [-0.4, -0.2) is 46.6 Å². The fourth-order valence-corrected chi connectivity index (χ4v) is 2.96. The monoisotopic (exact) mass is 362 g/mol. The molecule has 0 unspecified atom stereocenters. The number of carbonyl (C=O) groups is 3. The van der Waals surface area contributed by atoms with E-state index in [1.54, 1.807) is 0 Å². The molecule has 1 aliphatic rings. The first-order chi connectivity index (χ1) is 12.2. The number of hydrogen-bond donors (Lipinski definition) is 2. The molecule has 0 saturated carbocycles. The van der Waals surface area contributed by atoms with Gasteiger partial charge in [0.2, 0.25) is 5.91 Å². The molecule has 7 heteroatoms. The van der Waals surface area contributed by atoms with Gasteiger partial charge in [-0.2, -0.15) is 0 Å². The number of carboxylic acid groups (broad SMARTS) is 1. The van der Waals surface area contributed by atoms with Gasteiger partial charge >= 0.3 is 12.1 Å². The molecule has 2 N–H and O–H groups in total. The van der Waals surface area contributed by atoms with Crippen molar-refractivity contribution in [2.45, 2.75) is 52.3 Å². The molecule has 1 aliphatic heterocycles. The molecule has 2 amide bonds. The largest absolute Gasteiger partial charge is 0.480 e. The molecule has 1 aromatic rings. The number of nitrogens with zero attached hydrogens (tertiary/aromatic N) is 1. The molecule has 0 aromatic heterocycles. The molecule has 142 valence electrons. The lowest BCUT2D eigenvalue weighted by Gasteiger charge is -2.30. The molecule has 0 spiro atoms. The van der Waals surface area contributed by atoms with Gasteiger partial charge in [-0.25, -0.2) is 9.59 Å². The Hall–Kier alpha value is -2.57. The minimum absolute atomic E-state index is 0.110. The average Bonchev–Trinajstić information content (AvgIpc) is 2.91. The van der Waals surface area contributed by atoms with Crippen molar-refractivity contribution in [2.75, 3.05) is 6.54 Å². The van der Waals surface area contributed by atoms with Crippen LogP contribution in [0.1, 0.15) is 39.2 Å². The van der Waals surface area contributed by atoms with Crippen LogP contribution < -0.4 is 5.32 Å². The molecule has 0 aliphatic carbocycles. The SMILES string of the molecule is CC(C)(C)C[C@@H](C(=O)O)N1CC[C@@H](NC(=O)OCc2ccccc2)C1=O. The van der Waals surface area contributed by atoms with Crippen LogP contribution in [0, 0.1) is 5.41 Å². The van der Waals surface area contributed by atoms with E-state index >= 15 is 0 Å². The van der Waals surface area contributed by atoms with Gasteiger partial charge in [0.15, 0.2) is 0 Å². The van der Waals surface area contributed by atoms with E-state index in [0.29, 0.717) is 19.4 Å². The molecule has 1 aromatic carbocycles. The van der Waals surface area contributed by atoms with Gasteiger partial charge in [-0.3, -0.25) is 4.79 Å². The highest BCUT2D eigenvalue weighted by molar-refractivity contribution is 5.91. The number of rotatable bonds is 6.